The summed E-state index contributed by atoms with van der Waals surface area (Å²) in [7, 11) is 0. The zero-order valence-corrected chi connectivity index (χ0v) is 19.9. The van der Waals surface area contributed by atoms with Gasteiger partial charge in [-0.2, -0.15) is 5.26 Å². The van der Waals surface area contributed by atoms with Gasteiger partial charge in [0.1, 0.15) is 22.8 Å². The number of Topliss-reactive ketones (excluding diaryl/α,β-unsaturated/α-hetero) is 2. The van der Waals surface area contributed by atoms with Crippen molar-refractivity contribution in [2.75, 3.05) is 0 Å². The molecule has 4 rings (SSSR count). The van der Waals surface area contributed by atoms with Crippen molar-refractivity contribution >= 4 is 23.2 Å². The maximum atomic E-state index is 13.6. The number of aromatic hydroxyl groups is 1. The fraction of sp³-hybridized carbons (Fsp3) is 0.462. The van der Waals surface area contributed by atoms with Crippen LogP contribution in [0.15, 0.2) is 29.0 Å². The van der Waals surface area contributed by atoms with E-state index in [2.05, 4.69) is 6.07 Å². The summed E-state index contributed by atoms with van der Waals surface area (Å²) in [5.41, 5.74) is 1.31. The molecule has 0 spiro atoms. The minimum absolute atomic E-state index is 0.0122. The second-order valence-corrected chi connectivity index (χ2v) is 10.4. The SMILES string of the molecule is CC(C)(CCCC#N)c1ccc2c(c1O)C(O)=C1C(=O)[C@]3(O)C(O)=C(C(N)=O)C(=O)C[C@@H]3[C@@H](O)[C@@H]1C2. The number of hydrogen-bond acceptors (Lipinski definition) is 9. The van der Waals surface area contributed by atoms with Crippen molar-refractivity contribution in [1.82, 2.24) is 0 Å². The lowest BCUT2D eigenvalue weighted by Crippen LogP contribution is -2.63. The average Bonchev–Trinajstić information content (AvgIpc) is 2.79. The number of amides is 1. The number of phenols is 1. The zero-order chi connectivity index (χ0) is 26.7. The number of carbonyl (C=O) groups is 3. The molecule has 10 heteroatoms. The minimum atomic E-state index is -2.85. The van der Waals surface area contributed by atoms with Crippen LogP contribution in [0, 0.1) is 23.2 Å². The van der Waals surface area contributed by atoms with Gasteiger partial charge < -0.3 is 31.3 Å². The molecule has 4 atom stereocenters. The number of phenolic OH excluding ortho intramolecular Hbond substituents is 1. The van der Waals surface area contributed by atoms with E-state index in [0.29, 0.717) is 30.4 Å². The summed E-state index contributed by atoms with van der Waals surface area (Å²) < 4.78 is 0. The fourth-order valence-corrected chi connectivity index (χ4v) is 5.91. The largest absolute Gasteiger partial charge is 0.508 e. The number of rotatable bonds is 5. The fourth-order valence-electron chi connectivity index (χ4n) is 5.91. The third-order valence-corrected chi connectivity index (χ3v) is 7.87. The highest BCUT2D eigenvalue weighted by atomic mass is 16.4. The number of carbonyl (C=O) groups excluding carboxylic acids is 3. The van der Waals surface area contributed by atoms with E-state index in [4.69, 9.17) is 11.0 Å². The molecule has 190 valence electrons. The van der Waals surface area contributed by atoms with Gasteiger partial charge in [0.15, 0.2) is 11.4 Å². The Bertz CT molecular complexity index is 1300. The van der Waals surface area contributed by atoms with Crippen molar-refractivity contribution in [3.05, 3.63) is 45.7 Å². The Morgan fingerprint density at radius 2 is 1.89 bits per heavy atom. The molecule has 3 aliphatic carbocycles. The number of nitrogens with two attached hydrogens (primary N) is 1. The van der Waals surface area contributed by atoms with Crippen LogP contribution >= 0.6 is 0 Å². The predicted octanol–water partition coefficient (Wildman–Crippen LogP) is 1.37. The van der Waals surface area contributed by atoms with Gasteiger partial charge in [0.05, 0.1) is 17.7 Å². The van der Waals surface area contributed by atoms with Gasteiger partial charge in [0.25, 0.3) is 5.91 Å². The Hall–Kier alpha value is -3.68. The van der Waals surface area contributed by atoms with Crippen LogP contribution in [-0.2, 0) is 26.2 Å². The molecule has 1 amide bonds. The van der Waals surface area contributed by atoms with E-state index in [0.717, 1.165) is 0 Å². The topological polar surface area (TPSA) is 202 Å². The number of aliphatic hydroxyl groups is 4. The highest BCUT2D eigenvalue weighted by Crippen LogP contribution is 2.53. The van der Waals surface area contributed by atoms with E-state index >= 15 is 0 Å². The van der Waals surface area contributed by atoms with Crippen LogP contribution in [0.1, 0.15) is 56.2 Å². The van der Waals surface area contributed by atoms with Crippen LogP contribution in [0.25, 0.3) is 5.76 Å². The zero-order valence-electron chi connectivity index (χ0n) is 19.9. The molecule has 1 fully saturated rings. The first-order valence-corrected chi connectivity index (χ1v) is 11.7. The average molecular weight is 497 g/mol. The Kier molecular flexibility index (Phi) is 5.98. The molecular weight excluding hydrogens is 468 g/mol. The number of nitriles is 1. The van der Waals surface area contributed by atoms with Crippen LogP contribution in [0.3, 0.4) is 0 Å². The van der Waals surface area contributed by atoms with E-state index < -0.39 is 75.5 Å². The van der Waals surface area contributed by atoms with Crippen LogP contribution in [0.4, 0.5) is 0 Å². The molecule has 1 saturated carbocycles. The summed E-state index contributed by atoms with van der Waals surface area (Å²) >= 11 is 0. The first-order chi connectivity index (χ1) is 16.8. The molecule has 0 unspecified atom stereocenters. The normalized spacial score (nSPS) is 27.8. The van der Waals surface area contributed by atoms with E-state index in [1.54, 1.807) is 12.1 Å². The molecule has 0 saturated heterocycles. The number of nitrogens with zero attached hydrogens (tertiary/aromatic N) is 1. The van der Waals surface area contributed by atoms with Crippen molar-refractivity contribution in [2.24, 2.45) is 17.6 Å². The van der Waals surface area contributed by atoms with E-state index in [9.17, 15) is 39.9 Å². The standard InChI is InChI=1S/C26H28N2O8/c1-25(2,7-3-4-8-27)13-6-5-11-9-12-17(21(32)16(11)20(13)31)22(33)26(36)14(19(12)30)10-15(29)18(23(26)34)24(28)35/h5-6,12,14,19,30-32,34,36H,3-4,7,9-10H2,1-2H3,(H2,28,35)/t12-,14-,19+,26+/m1/s1. The molecule has 0 heterocycles. The highest BCUT2D eigenvalue weighted by molar-refractivity contribution is 6.22. The van der Waals surface area contributed by atoms with E-state index in [1.165, 1.54) is 0 Å². The summed E-state index contributed by atoms with van der Waals surface area (Å²) in [4.78, 5) is 37.8. The van der Waals surface area contributed by atoms with Crippen molar-refractivity contribution in [2.45, 2.75) is 63.1 Å². The number of primary amides is 1. The first kappa shape index (κ1) is 25.4. The molecule has 36 heavy (non-hydrogen) atoms. The van der Waals surface area contributed by atoms with Crippen molar-refractivity contribution < 1.29 is 39.9 Å². The second kappa shape index (κ2) is 8.47. The van der Waals surface area contributed by atoms with Crippen molar-refractivity contribution in [1.29, 1.82) is 5.26 Å². The Labute approximate surface area is 207 Å². The summed E-state index contributed by atoms with van der Waals surface area (Å²) in [5, 5.41) is 64.3. The number of fused-ring (bicyclic) bond motifs is 3. The predicted molar refractivity (Wildman–Crippen MR) is 125 cm³/mol. The Morgan fingerprint density at radius 1 is 1.22 bits per heavy atom. The number of unbranched alkanes of at least 4 members (excludes halogenated alkanes) is 1. The molecule has 0 bridgehead atoms. The van der Waals surface area contributed by atoms with Crippen molar-refractivity contribution in [3.63, 3.8) is 0 Å². The number of ketones is 2. The van der Waals surface area contributed by atoms with Gasteiger partial charge in [-0.3, -0.25) is 14.4 Å². The first-order valence-electron chi connectivity index (χ1n) is 11.7. The second-order valence-electron chi connectivity index (χ2n) is 10.4. The number of hydrogen-bond donors (Lipinski definition) is 6. The number of aliphatic hydroxyl groups excluding tert-OH is 3. The lowest BCUT2D eigenvalue weighted by atomic mass is 9.57. The van der Waals surface area contributed by atoms with Gasteiger partial charge in [-0.15, -0.1) is 0 Å². The molecule has 10 nitrogen and oxygen atoms in total. The summed E-state index contributed by atoms with van der Waals surface area (Å²) in [6, 6.07) is 5.45. The van der Waals surface area contributed by atoms with Crippen LogP contribution < -0.4 is 5.73 Å². The molecule has 0 aliphatic heterocycles. The Morgan fingerprint density at radius 3 is 2.50 bits per heavy atom. The molecule has 1 aromatic carbocycles. The third kappa shape index (κ3) is 3.42. The van der Waals surface area contributed by atoms with Gasteiger partial charge in [-0.05, 0) is 30.2 Å². The Balaban J connectivity index is 1.88. The smallest absolute Gasteiger partial charge is 0.255 e. The summed E-state index contributed by atoms with van der Waals surface area (Å²) in [5.74, 6) is -8.08. The molecule has 0 aromatic heterocycles. The van der Waals surface area contributed by atoms with Gasteiger partial charge in [-0.25, -0.2) is 0 Å². The van der Waals surface area contributed by atoms with Crippen LogP contribution in [0.2, 0.25) is 0 Å². The number of benzene rings is 1. The maximum absolute atomic E-state index is 13.6. The lowest BCUT2D eigenvalue weighted by molar-refractivity contribution is -0.159. The monoisotopic (exact) mass is 496 g/mol. The molecule has 7 N–H and O–H groups in total. The molecular formula is C26H28N2O8. The van der Waals surface area contributed by atoms with E-state index in [-0.39, 0.29) is 17.7 Å². The van der Waals surface area contributed by atoms with Gasteiger partial charge in [-0.1, -0.05) is 26.0 Å². The van der Waals surface area contributed by atoms with Crippen molar-refractivity contribution in [3.8, 4) is 11.8 Å². The van der Waals surface area contributed by atoms with Gasteiger partial charge in [0, 0.05) is 35.8 Å². The summed E-state index contributed by atoms with van der Waals surface area (Å²) in [6.07, 6.45) is -0.647. The minimum Gasteiger partial charge on any atom is -0.508 e. The highest BCUT2D eigenvalue weighted by Gasteiger charge is 2.63. The molecule has 0 radical (unpaired) electrons. The lowest BCUT2D eigenvalue weighted by Gasteiger charge is -2.48. The van der Waals surface area contributed by atoms with Gasteiger partial charge in [0.2, 0.25) is 5.78 Å². The van der Waals surface area contributed by atoms with Crippen LogP contribution in [-0.4, -0.2) is 54.7 Å². The molecule has 3 aliphatic rings. The third-order valence-electron chi connectivity index (χ3n) is 7.87. The maximum Gasteiger partial charge on any atom is 0.255 e. The molecule has 1 aromatic rings. The van der Waals surface area contributed by atoms with E-state index in [1.807, 2.05) is 13.8 Å². The quantitative estimate of drug-likeness (QED) is 0.257. The van der Waals surface area contributed by atoms with Crippen LogP contribution in [0.5, 0.6) is 5.75 Å². The summed E-state index contributed by atoms with van der Waals surface area (Å²) in [6.45, 7) is 3.75. The van der Waals surface area contributed by atoms with Gasteiger partial charge >= 0.3 is 0 Å².